The number of aromatic amines is 1. The number of anilines is 2. The molecule has 170 valence electrons. The Morgan fingerprint density at radius 2 is 2.09 bits per heavy atom. The van der Waals surface area contributed by atoms with Crippen LogP contribution in [0, 0.1) is 11.2 Å². The molecule has 11 heteroatoms. The summed E-state index contributed by atoms with van der Waals surface area (Å²) >= 11 is 1.45. The van der Waals surface area contributed by atoms with Gasteiger partial charge in [-0.25, -0.2) is 14.4 Å². The Morgan fingerprint density at radius 1 is 1.30 bits per heavy atom. The van der Waals surface area contributed by atoms with Gasteiger partial charge in [0.1, 0.15) is 17.3 Å². The van der Waals surface area contributed by atoms with Crippen LogP contribution in [0.5, 0.6) is 11.8 Å². The maximum absolute atomic E-state index is 14.4. The standard InChI is InChI=1S/C22H23FN8OS/c1-25-14-6-11(23)5-13-16-18(28-17(13)14)29-20(32-12-8-26-21(33-2)27-9-12)30-19(16)31-4-3-22(10-31)7-15(22)24/h5-6,8-9,15,25H,3-4,7,10,24H2,1-2H3,(H,28,29,30). The minimum atomic E-state index is -0.327. The van der Waals surface area contributed by atoms with Gasteiger partial charge in [0.25, 0.3) is 0 Å². The molecule has 9 nitrogen and oxygen atoms in total. The van der Waals surface area contributed by atoms with E-state index >= 15 is 0 Å². The average molecular weight is 467 g/mol. The quantitative estimate of drug-likeness (QED) is 0.300. The van der Waals surface area contributed by atoms with Crippen LogP contribution in [-0.2, 0) is 0 Å². The van der Waals surface area contributed by atoms with Crippen molar-refractivity contribution in [1.82, 2.24) is 24.9 Å². The molecule has 1 aromatic carbocycles. The number of nitrogens with zero attached hydrogens (tertiary/aromatic N) is 5. The lowest BCUT2D eigenvalue weighted by molar-refractivity contribution is 0.438. The molecule has 2 fully saturated rings. The second-order valence-corrected chi connectivity index (χ2v) is 9.43. The maximum atomic E-state index is 14.4. The van der Waals surface area contributed by atoms with E-state index in [1.807, 2.05) is 6.26 Å². The Kier molecular flexibility index (Phi) is 4.59. The van der Waals surface area contributed by atoms with E-state index in [-0.39, 0.29) is 23.3 Å². The molecule has 2 aliphatic rings. The largest absolute Gasteiger partial charge is 0.421 e. The first-order chi connectivity index (χ1) is 16.0. The fraction of sp³-hybridized carbons (Fsp3) is 0.364. The number of fused-ring (bicyclic) bond motifs is 3. The molecule has 0 bridgehead atoms. The van der Waals surface area contributed by atoms with Crippen molar-refractivity contribution in [1.29, 1.82) is 0 Å². The van der Waals surface area contributed by atoms with Crippen LogP contribution in [0.15, 0.2) is 29.7 Å². The number of benzene rings is 1. The number of rotatable bonds is 5. The van der Waals surface area contributed by atoms with Crippen LogP contribution in [0.4, 0.5) is 15.9 Å². The summed E-state index contributed by atoms with van der Waals surface area (Å²) in [7, 11) is 1.76. The second-order valence-electron chi connectivity index (χ2n) is 8.66. The Balaban J connectivity index is 1.50. The van der Waals surface area contributed by atoms with E-state index in [9.17, 15) is 4.39 Å². The molecule has 4 heterocycles. The molecule has 1 aliphatic carbocycles. The number of hydrogen-bond donors (Lipinski definition) is 3. The van der Waals surface area contributed by atoms with E-state index in [0.29, 0.717) is 28.1 Å². The van der Waals surface area contributed by atoms with Crippen LogP contribution in [0.25, 0.3) is 21.9 Å². The van der Waals surface area contributed by atoms with Gasteiger partial charge < -0.3 is 25.7 Å². The molecule has 3 aromatic heterocycles. The predicted molar refractivity (Wildman–Crippen MR) is 127 cm³/mol. The van der Waals surface area contributed by atoms with Gasteiger partial charge in [-0.2, -0.15) is 9.97 Å². The summed E-state index contributed by atoms with van der Waals surface area (Å²) in [5.41, 5.74) is 8.38. The normalized spacial score (nSPS) is 21.9. The lowest BCUT2D eigenvalue weighted by Gasteiger charge is -2.19. The molecule has 1 aliphatic heterocycles. The van der Waals surface area contributed by atoms with Crippen LogP contribution in [0.2, 0.25) is 0 Å². The van der Waals surface area contributed by atoms with Gasteiger partial charge in [0.05, 0.1) is 29.0 Å². The average Bonchev–Trinajstić information content (AvgIpc) is 3.13. The molecule has 2 atom stereocenters. The van der Waals surface area contributed by atoms with Crippen molar-refractivity contribution in [2.24, 2.45) is 11.1 Å². The van der Waals surface area contributed by atoms with E-state index in [4.69, 9.17) is 15.5 Å². The zero-order chi connectivity index (χ0) is 22.7. The Bertz CT molecular complexity index is 1380. The van der Waals surface area contributed by atoms with E-state index in [1.54, 1.807) is 19.4 Å². The Hall–Kier alpha value is -3.18. The molecule has 1 spiro atoms. The first kappa shape index (κ1) is 20.4. The first-order valence-electron chi connectivity index (χ1n) is 10.7. The Morgan fingerprint density at radius 3 is 2.76 bits per heavy atom. The third kappa shape index (κ3) is 3.34. The molecular formula is C22H23FN8OS. The fourth-order valence-electron chi connectivity index (χ4n) is 4.79. The van der Waals surface area contributed by atoms with Crippen LogP contribution in [0.3, 0.4) is 0 Å². The summed E-state index contributed by atoms with van der Waals surface area (Å²) in [5.74, 6) is 0.831. The van der Waals surface area contributed by atoms with E-state index in [1.165, 1.54) is 23.9 Å². The second kappa shape index (κ2) is 7.42. The van der Waals surface area contributed by atoms with Crippen molar-refractivity contribution in [3.8, 4) is 11.8 Å². The van der Waals surface area contributed by atoms with Crippen LogP contribution in [0.1, 0.15) is 12.8 Å². The highest BCUT2D eigenvalue weighted by molar-refractivity contribution is 7.98. The number of ether oxygens (including phenoxy) is 1. The van der Waals surface area contributed by atoms with Crippen molar-refractivity contribution < 1.29 is 9.13 Å². The molecule has 6 rings (SSSR count). The highest BCUT2D eigenvalue weighted by Gasteiger charge is 2.56. The molecular weight excluding hydrogens is 443 g/mol. The summed E-state index contributed by atoms with van der Waals surface area (Å²) < 4.78 is 20.4. The van der Waals surface area contributed by atoms with Gasteiger partial charge in [0.2, 0.25) is 0 Å². The lowest BCUT2D eigenvalue weighted by Crippen LogP contribution is -2.24. The molecule has 0 radical (unpaired) electrons. The van der Waals surface area contributed by atoms with Gasteiger partial charge >= 0.3 is 6.01 Å². The minimum absolute atomic E-state index is 0.146. The van der Waals surface area contributed by atoms with Gasteiger partial charge in [0, 0.05) is 37.0 Å². The number of nitrogens with one attached hydrogen (secondary N) is 2. The first-order valence-corrected chi connectivity index (χ1v) is 12.0. The summed E-state index contributed by atoms with van der Waals surface area (Å²) in [6, 6.07) is 3.38. The highest BCUT2D eigenvalue weighted by Crippen LogP contribution is 2.53. The van der Waals surface area contributed by atoms with E-state index in [0.717, 1.165) is 42.2 Å². The third-order valence-electron chi connectivity index (χ3n) is 6.69. The molecule has 4 N–H and O–H groups in total. The number of hydrogen-bond acceptors (Lipinski definition) is 9. The predicted octanol–water partition coefficient (Wildman–Crippen LogP) is 3.52. The summed E-state index contributed by atoms with van der Waals surface area (Å²) in [6.45, 7) is 1.64. The summed E-state index contributed by atoms with van der Waals surface area (Å²) in [5, 5.41) is 5.21. The van der Waals surface area contributed by atoms with Crippen LogP contribution in [-0.4, -0.2) is 57.4 Å². The molecule has 1 saturated carbocycles. The van der Waals surface area contributed by atoms with Gasteiger partial charge in [-0.1, -0.05) is 11.8 Å². The molecule has 0 amide bonds. The highest BCUT2D eigenvalue weighted by atomic mass is 32.2. The van der Waals surface area contributed by atoms with Crippen molar-refractivity contribution in [2.45, 2.75) is 24.0 Å². The smallest absolute Gasteiger partial charge is 0.326 e. The third-order valence-corrected chi connectivity index (χ3v) is 7.26. The van der Waals surface area contributed by atoms with Gasteiger partial charge in [-0.15, -0.1) is 0 Å². The van der Waals surface area contributed by atoms with Crippen molar-refractivity contribution >= 4 is 45.2 Å². The topological polar surface area (TPSA) is 118 Å². The van der Waals surface area contributed by atoms with Crippen LogP contribution >= 0.6 is 11.8 Å². The monoisotopic (exact) mass is 466 g/mol. The molecule has 2 unspecified atom stereocenters. The summed E-state index contributed by atoms with van der Waals surface area (Å²) in [6.07, 6.45) is 7.14. The number of H-pyrrole nitrogens is 1. The number of nitrogens with two attached hydrogens (primary N) is 1. The van der Waals surface area contributed by atoms with Crippen molar-refractivity contribution in [3.05, 3.63) is 30.3 Å². The SMILES string of the molecule is CNc1cc(F)cc2c1[nH]c1nc(Oc3cnc(SC)nc3)nc(N3CCC4(CC4N)C3)c12. The van der Waals surface area contributed by atoms with Gasteiger partial charge in [0.15, 0.2) is 10.9 Å². The zero-order valence-electron chi connectivity index (χ0n) is 18.2. The molecule has 4 aromatic rings. The van der Waals surface area contributed by atoms with E-state index < -0.39 is 0 Å². The number of halogens is 1. The van der Waals surface area contributed by atoms with Gasteiger partial charge in [-0.3, -0.25) is 0 Å². The maximum Gasteiger partial charge on any atom is 0.326 e. The van der Waals surface area contributed by atoms with Crippen LogP contribution < -0.4 is 20.7 Å². The van der Waals surface area contributed by atoms with Gasteiger partial charge in [-0.05, 0) is 31.2 Å². The number of thioether (sulfide) groups is 1. The lowest BCUT2D eigenvalue weighted by atomic mass is 10.1. The zero-order valence-corrected chi connectivity index (χ0v) is 19.0. The Labute approximate surface area is 193 Å². The van der Waals surface area contributed by atoms with Crippen molar-refractivity contribution in [3.63, 3.8) is 0 Å². The van der Waals surface area contributed by atoms with Crippen molar-refractivity contribution in [2.75, 3.05) is 36.6 Å². The molecule has 1 saturated heterocycles. The summed E-state index contributed by atoms with van der Waals surface area (Å²) in [4.78, 5) is 23.4. The van der Waals surface area contributed by atoms with E-state index in [2.05, 4.69) is 30.2 Å². The minimum Gasteiger partial charge on any atom is -0.421 e. The fourth-order valence-corrected chi connectivity index (χ4v) is 5.11. The number of aromatic nitrogens is 5. The molecule has 33 heavy (non-hydrogen) atoms.